The fourth-order valence-electron chi connectivity index (χ4n) is 6.00. The molecule has 3 aliphatic rings. The highest BCUT2D eigenvalue weighted by molar-refractivity contribution is 6.37. The first-order valence-corrected chi connectivity index (χ1v) is 15.4. The van der Waals surface area contributed by atoms with Gasteiger partial charge < -0.3 is 35.7 Å². The monoisotopic (exact) mass is 615 g/mol. The Hall–Kier alpha value is -3.90. The zero-order valence-electron chi connectivity index (χ0n) is 26.1. The van der Waals surface area contributed by atoms with Crippen molar-refractivity contribution < 1.29 is 37.9 Å². The number of nitrogens with two attached hydrogens (primary N) is 1. The van der Waals surface area contributed by atoms with Crippen LogP contribution in [0.4, 0.5) is 4.79 Å². The molecule has 5 N–H and O–H groups in total. The summed E-state index contributed by atoms with van der Waals surface area (Å²) in [6.45, 7) is 9.15. The van der Waals surface area contributed by atoms with Crippen molar-refractivity contribution in [2.75, 3.05) is 6.54 Å². The number of amides is 5. The molecular formula is C31H45N5O8. The molecule has 1 aromatic rings. The van der Waals surface area contributed by atoms with Gasteiger partial charge in [-0.05, 0) is 60.5 Å². The molecule has 6 atom stereocenters. The van der Waals surface area contributed by atoms with Crippen molar-refractivity contribution >= 4 is 35.5 Å². The van der Waals surface area contributed by atoms with E-state index in [0.29, 0.717) is 18.7 Å². The number of likely N-dealkylation sites (tertiary alicyclic amines) is 1. The van der Waals surface area contributed by atoms with Gasteiger partial charge in [0.1, 0.15) is 30.5 Å². The first-order chi connectivity index (χ1) is 20.7. The van der Waals surface area contributed by atoms with Crippen LogP contribution >= 0.6 is 0 Å². The number of carbonyl (C=O) groups excluding carboxylic acids is 6. The molecule has 0 radical (unpaired) electrons. The van der Waals surface area contributed by atoms with Gasteiger partial charge in [0.15, 0.2) is 0 Å². The Morgan fingerprint density at radius 3 is 2.27 bits per heavy atom. The summed E-state index contributed by atoms with van der Waals surface area (Å²) in [4.78, 5) is 79.5. The van der Waals surface area contributed by atoms with Crippen LogP contribution < -0.4 is 21.7 Å². The zero-order chi connectivity index (χ0) is 32.3. The summed E-state index contributed by atoms with van der Waals surface area (Å²) in [5.41, 5.74) is 4.50. The molecule has 3 fully saturated rings. The standard InChI is InChI=1S/C31H45N5O8/c1-16(2)22(29(41)44-15-19-7-6-12-43-19)34-30(42)35-25(31(3,4)5)28(40)36-14-18-10-11-20(18)23(36)27(39)33-21(13-17-8-9-17)24(37)26(32)38/h6-7,12,16-18,20-23,25H,8-11,13-15H2,1-5H3,(H2,32,38)(H,33,39)(H2,34,35,42)/t18-,20-,21?,22-,23-,25+/m0/s1. The summed E-state index contributed by atoms with van der Waals surface area (Å²) in [6, 6.07) is -1.31. The van der Waals surface area contributed by atoms with Gasteiger partial charge in [0.2, 0.25) is 17.6 Å². The molecule has 1 unspecified atom stereocenters. The van der Waals surface area contributed by atoms with Gasteiger partial charge in [-0.15, -0.1) is 0 Å². The molecule has 2 saturated carbocycles. The minimum Gasteiger partial charge on any atom is -0.466 e. The van der Waals surface area contributed by atoms with Gasteiger partial charge in [0.25, 0.3) is 5.91 Å². The van der Waals surface area contributed by atoms with Gasteiger partial charge >= 0.3 is 12.0 Å². The molecule has 1 aromatic heterocycles. The highest BCUT2D eigenvalue weighted by Gasteiger charge is 2.54. The average molecular weight is 616 g/mol. The minimum atomic E-state index is -1.11. The fourth-order valence-corrected chi connectivity index (χ4v) is 6.00. The third-order valence-electron chi connectivity index (χ3n) is 8.87. The van der Waals surface area contributed by atoms with Gasteiger partial charge in [-0.1, -0.05) is 47.5 Å². The van der Waals surface area contributed by atoms with E-state index >= 15 is 0 Å². The van der Waals surface area contributed by atoms with Crippen molar-refractivity contribution in [3.8, 4) is 0 Å². The molecule has 0 aromatic carbocycles. The highest BCUT2D eigenvalue weighted by atomic mass is 16.5. The van der Waals surface area contributed by atoms with E-state index in [1.165, 1.54) is 11.2 Å². The normalized spacial score (nSPS) is 23.0. The highest BCUT2D eigenvalue weighted by Crippen LogP contribution is 2.46. The summed E-state index contributed by atoms with van der Waals surface area (Å²) >= 11 is 0. The van der Waals surface area contributed by atoms with Crippen LogP contribution in [0.2, 0.25) is 0 Å². The Morgan fingerprint density at radius 1 is 1.05 bits per heavy atom. The van der Waals surface area contributed by atoms with E-state index in [1.54, 1.807) is 46.8 Å². The molecule has 1 aliphatic heterocycles. The Bertz CT molecular complexity index is 1250. The van der Waals surface area contributed by atoms with Crippen molar-refractivity contribution in [1.29, 1.82) is 0 Å². The van der Waals surface area contributed by atoms with Crippen LogP contribution in [0.5, 0.6) is 0 Å². The number of ketones is 1. The number of furan rings is 1. The second kappa shape index (κ2) is 13.4. The fraction of sp³-hybridized carbons (Fsp3) is 0.677. The molecule has 2 heterocycles. The number of fused-ring (bicyclic) bond motifs is 1. The molecule has 242 valence electrons. The van der Waals surface area contributed by atoms with Gasteiger partial charge in [-0.2, -0.15) is 0 Å². The van der Waals surface area contributed by atoms with Crippen LogP contribution in [0.3, 0.4) is 0 Å². The van der Waals surface area contributed by atoms with Gasteiger partial charge in [0.05, 0.1) is 12.3 Å². The second-order valence-electron chi connectivity index (χ2n) is 13.7. The van der Waals surface area contributed by atoms with Gasteiger partial charge in [-0.25, -0.2) is 9.59 Å². The molecule has 4 rings (SSSR count). The van der Waals surface area contributed by atoms with Crippen molar-refractivity contribution in [3.05, 3.63) is 24.2 Å². The smallest absolute Gasteiger partial charge is 0.329 e. The predicted octanol–water partition coefficient (Wildman–Crippen LogP) is 1.64. The zero-order valence-corrected chi connectivity index (χ0v) is 26.1. The number of Topliss-reactive ketones (excluding diaryl/α,β-unsaturated/α-hetero) is 1. The lowest BCUT2D eigenvalue weighted by Gasteiger charge is -2.37. The molecule has 13 nitrogen and oxygen atoms in total. The third kappa shape index (κ3) is 7.78. The van der Waals surface area contributed by atoms with E-state index in [2.05, 4.69) is 16.0 Å². The Balaban J connectivity index is 1.46. The number of nitrogens with zero attached hydrogens (tertiary/aromatic N) is 1. The largest absolute Gasteiger partial charge is 0.466 e. The summed E-state index contributed by atoms with van der Waals surface area (Å²) in [5.74, 6) is -3.13. The van der Waals surface area contributed by atoms with E-state index in [9.17, 15) is 28.8 Å². The number of hydrogen-bond donors (Lipinski definition) is 4. The number of rotatable bonds is 13. The third-order valence-corrected chi connectivity index (χ3v) is 8.87. The summed E-state index contributed by atoms with van der Waals surface area (Å²) in [7, 11) is 0. The van der Waals surface area contributed by atoms with Crippen LogP contribution in [0.15, 0.2) is 22.8 Å². The Morgan fingerprint density at radius 2 is 1.75 bits per heavy atom. The molecule has 2 aliphatic carbocycles. The van der Waals surface area contributed by atoms with E-state index in [4.69, 9.17) is 14.9 Å². The number of carbonyl (C=O) groups is 6. The first kappa shape index (κ1) is 33.0. The molecule has 0 spiro atoms. The van der Waals surface area contributed by atoms with Crippen LogP contribution in [-0.2, 0) is 35.3 Å². The average Bonchev–Trinajstić information content (AvgIpc) is 3.51. The molecule has 13 heteroatoms. The summed E-state index contributed by atoms with van der Waals surface area (Å²) in [6.07, 6.45) is 5.22. The van der Waals surface area contributed by atoms with Crippen LogP contribution in [0.25, 0.3) is 0 Å². The second-order valence-corrected chi connectivity index (χ2v) is 13.7. The summed E-state index contributed by atoms with van der Waals surface area (Å²) in [5, 5.41) is 8.12. The maximum Gasteiger partial charge on any atom is 0.329 e. The van der Waals surface area contributed by atoms with Crippen molar-refractivity contribution in [1.82, 2.24) is 20.9 Å². The number of esters is 1. The Kier molecular flexibility index (Phi) is 10.0. The van der Waals surface area contributed by atoms with Crippen molar-refractivity contribution in [2.45, 2.75) is 97.5 Å². The van der Waals surface area contributed by atoms with E-state index in [1.807, 2.05) is 0 Å². The molecular weight excluding hydrogens is 570 g/mol. The lowest BCUT2D eigenvalue weighted by atomic mass is 9.73. The van der Waals surface area contributed by atoms with E-state index < -0.39 is 65.1 Å². The predicted molar refractivity (Wildman–Crippen MR) is 157 cm³/mol. The van der Waals surface area contributed by atoms with Crippen LogP contribution in [0.1, 0.15) is 72.5 Å². The quantitative estimate of drug-likeness (QED) is 0.190. The maximum absolute atomic E-state index is 14.1. The molecule has 1 saturated heterocycles. The summed E-state index contributed by atoms with van der Waals surface area (Å²) < 4.78 is 10.5. The van der Waals surface area contributed by atoms with Gasteiger partial charge in [0, 0.05) is 6.54 Å². The minimum absolute atomic E-state index is 0.0885. The van der Waals surface area contributed by atoms with Crippen molar-refractivity contribution in [3.63, 3.8) is 0 Å². The lowest BCUT2D eigenvalue weighted by molar-refractivity contribution is -0.149. The van der Waals surface area contributed by atoms with E-state index in [-0.39, 0.29) is 30.3 Å². The maximum atomic E-state index is 14.1. The van der Waals surface area contributed by atoms with Gasteiger partial charge in [-0.3, -0.25) is 19.2 Å². The number of hydrogen-bond acceptors (Lipinski definition) is 8. The Labute approximate surface area is 257 Å². The number of nitrogens with one attached hydrogen (secondary N) is 3. The number of ether oxygens (including phenoxy) is 1. The number of urea groups is 1. The van der Waals surface area contributed by atoms with Crippen LogP contribution in [-0.4, -0.2) is 71.1 Å². The topological polar surface area (TPSA) is 190 Å². The van der Waals surface area contributed by atoms with E-state index in [0.717, 1.165) is 25.7 Å². The lowest BCUT2D eigenvalue weighted by Crippen LogP contribution is -2.61. The van der Waals surface area contributed by atoms with Crippen LogP contribution in [0, 0.1) is 29.1 Å². The SMILES string of the molecule is CC(C)[C@H](NC(=O)N[C@H](C(=O)N1C[C@@H]2CC[C@@H]2[C@H]1C(=O)NC(CC1CC1)C(=O)C(N)=O)C(C)(C)C)C(=O)OCc1ccco1. The molecule has 44 heavy (non-hydrogen) atoms. The molecule has 0 bridgehead atoms. The molecule has 5 amide bonds. The van der Waals surface area contributed by atoms with Crippen molar-refractivity contribution in [2.24, 2.45) is 34.8 Å². The number of primary amides is 1. The first-order valence-electron chi connectivity index (χ1n) is 15.4.